The van der Waals surface area contributed by atoms with Crippen molar-refractivity contribution < 1.29 is 9.26 Å². The highest BCUT2D eigenvalue weighted by Gasteiger charge is 2.30. The fraction of sp³-hybridized carbons (Fsp3) is 0.263. The van der Waals surface area contributed by atoms with Crippen LogP contribution < -0.4 is 4.74 Å². The summed E-state index contributed by atoms with van der Waals surface area (Å²) < 4.78 is 13.1. The molecule has 142 valence electrons. The first-order valence-electron chi connectivity index (χ1n) is 8.91. The maximum atomic E-state index is 5.44. The third kappa shape index (κ3) is 3.31. The van der Waals surface area contributed by atoms with Crippen LogP contribution in [0, 0.1) is 0 Å². The van der Waals surface area contributed by atoms with Crippen LogP contribution >= 0.6 is 23.1 Å². The summed E-state index contributed by atoms with van der Waals surface area (Å²) in [6, 6.07) is 12.2. The smallest absolute Gasteiger partial charge is 0.237 e. The van der Waals surface area contributed by atoms with E-state index in [-0.39, 0.29) is 0 Å². The predicted molar refractivity (Wildman–Crippen MR) is 107 cm³/mol. The van der Waals surface area contributed by atoms with E-state index in [1.54, 1.807) is 30.2 Å². The van der Waals surface area contributed by atoms with Crippen LogP contribution in [0.3, 0.4) is 0 Å². The summed E-state index contributed by atoms with van der Waals surface area (Å²) in [6.45, 7) is 0. The molecule has 0 atom stereocenters. The summed E-state index contributed by atoms with van der Waals surface area (Å²) >= 11 is 3.25. The first-order valence-corrected chi connectivity index (χ1v) is 10.8. The van der Waals surface area contributed by atoms with Crippen molar-refractivity contribution in [2.45, 2.75) is 29.8 Å². The van der Waals surface area contributed by atoms with Gasteiger partial charge in [-0.05, 0) is 36.4 Å². The van der Waals surface area contributed by atoms with Crippen molar-refractivity contribution in [1.29, 1.82) is 0 Å². The van der Waals surface area contributed by atoms with Gasteiger partial charge in [-0.2, -0.15) is 4.98 Å². The summed E-state index contributed by atoms with van der Waals surface area (Å²) in [5, 5.41) is 15.9. The number of nitrogens with zero attached hydrogens (tertiary/aromatic N) is 5. The van der Waals surface area contributed by atoms with Gasteiger partial charge in [0.25, 0.3) is 0 Å². The zero-order valence-corrected chi connectivity index (χ0v) is 16.7. The van der Waals surface area contributed by atoms with Gasteiger partial charge in [-0.1, -0.05) is 35.1 Å². The molecule has 9 heteroatoms. The maximum Gasteiger partial charge on any atom is 0.237 e. The number of thiophene rings is 1. The number of methoxy groups -OCH3 is 1. The molecular formula is C19H17N5O2S2. The van der Waals surface area contributed by atoms with Gasteiger partial charge >= 0.3 is 0 Å². The molecule has 0 aliphatic heterocycles. The topological polar surface area (TPSA) is 78.9 Å². The monoisotopic (exact) mass is 411 g/mol. The Morgan fingerprint density at radius 2 is 2.11 bits per heavy atom. The lowest BCUT2D eigenvalue weighted by molar-refractivity contribution is 0.390. The molecule has 1 aliphatic rings. The number of thioether (sulfide) groups is 1. The zero-order chi connectivity index (χ0) is 18.9. The first-order chi connectivity index (χ1) is 13.8. The molecule has 0 bridgehead atoms. The number of rotatable bonds is 7. The van der Waals surface area contributed by atoms with E-state index in [4.69, 9.17) is 9.26 Å². The molecule has 0 spiro atoms. The van der Waals surface area contributed by atoms with Crippen LogP contribution in [0.5, 0.6) is 5.75 Å². The highest BCUT2D eigenvalue weighted by molar-refractivity contribution is 7.98. The number of para-hydroxylation sites is 1. The Morgan fingerprint density at radius 1 is 1.21 bits per heavy atom. The lowest BCUT2D eigenvalue weighted by Crippen LogP contribution is -1.99. The van der Waals surface area contributed by atoms with Crippen LogP contribution in [-0.2, 0) is 5.75 Å². The second-order valence-corrected chi connectivity index (χ2v) is 8.28. The largest absolute Gasteiger partial charge is 0.496 e. The Kier molecular flexibility index (Phi) is 4.61. The number of aromatic nitrogens is 5. The van der Waals surface area contributed by atoms with E-state index in [1.165, 1.54) is 12.8 Å². The molecule has 1 aromatic carbocycles. The summed E-state index contributed by atoms with van der Waals surface area (Å²) in [6.07, 6.45) is 2.34. The van der Waals surface area contributed by atoms with Gasteiger partial charge in [0.05, 0.1) is 23.3 Å². The van der Waals surface area contributed by atoms with Crippen molar-refractivity contribution in [3.8, 4) is 27.8 Å². The van der Waals surface area contributed by atoms with Crippen molar-refractivity contribution in [1.82, 2.24) is 24.9 Å². The van der Waals surface area contributed by atoms with Gasteiger partial charge in [0.1, 0.15) is 5.75 Å². The fourth-order valence-electron chi connectivity index (χ4n) is 2.99. The molecule has 0 radical (unpaired) electrons. The van der Waals surface area contributed by atoms with E-state index >= 15 is 0 Å². The van der Waals surface area contributed by atoms with Gasteiger partial charge in [-0.3, -0.25) is 4.57 Å². The minimum atomic E-state index is 0.487. The van der Waals surface area contributed by atoms with Crippen LogP contribution in [0.25, 0.3) is 22.1 Å². The third-order valence-corrected chi connectivity index (χ3v) is 6.25. The van der Waals surface area contributed by atoms with Crippen molar-refractivity contribution >= 4 is 23.1 Å². The number of ether oxygens (including phenoxy) is 1. The predicted octanol–water partition coefficient (Wildman–Crippen LogP) is 4.69. The Hall–Kier alpha value is -2.65. The Balaban J connectivity index is 1.36. The quantitative estimate of drug-likeness (QED) is 0.408. The van der Waals surface area contributed by atoms with Crippen molar-refractivity contribution in [3.63, 3.8) is 0 Å². The summed E-state index contributed by atoms with van der Waals surface area (Å²) in [5.74, 6) is 3.28. The zero-order valence-electron chi connectivity index (χ0n) is 15.1. The molecule has 28 heavy (non-hydrogen) atoms. The Morgan fingerprint density at radius 3 is 2.89 bits per heavy atom. The van der Waals surface area contributed by atoms with E-state index in [2.05, 4.69) is 36.4 Å². The summed E-state index contributed by atoms with van der Waals surface area (Å²) in [4.78, 5) is 5.66. The van der Waals surface area contributed by atoms with Gasteiger partial charge in [-0.25, -0.2) is 0 Å². The van der Waals surface area contributed by atoms with Crippen LogP contribution in [0.2, 0.25) is 0 Å². The van der Waals surface area contributed by atoms with E-state index < -0.39 is 0 Å². The molecule has 1 aliphatic carbocycles. The normalized spacial score (nSPS) is 13.8. The standard InChI is InChI=1S/C19H17N5O2S2/c1-25-14-6-3-2-5-13(14)17-20-16(26-23-17)11-28-19-22-21-18(15-7-4-10-27-15)24(19)12-8-9-12/h2-7,10,12H,8-9,11H2,1H3. The molecule has 3 heterocycles. The molecule has 0 saturated heterocycles. The van der Waals surface area contributed by atoms with Gasteiger partial charge in [0.15, 0.2) is 11.0 Å². The number of hydrogen-bond donors (Lipinski definition) is 0. The molecule has 7 nitrogen and oxygen atoms in total. The highest BCUT2D eigenvalue weighted by atomic mass is 32.2. The van der Waals surface area contributed by atoms with Crippen molar-refractivity contribution in [2.24, 2.45) is 0 Å². The molecule has 0 N–H and O–H groups in total. The van der Waals surface area contributed by atoms with Crippen LogP contribution in [0.15, 0.2) is 51.5 Å². The molecule has 1 saturated carbocycles. The van der Waals surface area contributed by atoms with Crippen LogP contribution in [-0.4, -0.2) is 32.0 Å². The number of benzene rings is 1. The summed E-state index contributed by atoms with van der Waals surface area (Å²) in [7, 11) is 1.63. The van der Waals surface area contributed by atoms with Gasteiger partial charge in [0, 0.05) is 6.04 Å². The maximum absolute atomic E-state index is 5.44. The molecule has 4 aromatic rings. The van der Waals surface area contributed by atoms with Crippen LogP contribution in [0.4, 0.5) is 0 Å². The lowest BCUT2D eigenvalue weighted by atomic mass is 10.2. The molecule has 5 rings (SSSR count). The van der Waals surface area contributed by atoms with Gasteiger partial charge in [0.2, 0.25) is 11.7 Å². The second-order valence-electron chi connectivity index (χ2n) is 6.39. The second kappa shape index (κ2) is 7.40. The lowest BCUT2D eigenvalue weighted by Gasteiger charge is -2.06. The third-order valence-electron chi connectivity index (χ3n) is 4.46. The minimum Gasteiger partial charge on any atom is -0.496 e. The van der Waals surface area contributed by atoms with Gasteiger partial charge in [-0.15, -0.1) is 21.5 Å². The fourth-order valence-corrected chi connectivity index (χ4v) is 4.54. The van der Waals surface area contributed by atoms with E-state index in [1.807, 2.05) is 30.3 Å². The minimum absolute atomic E-state index is 0.487. The van der Waals surface area contributed by atoms with Gasteiger partial charge < -0.3 is 9.26 Å². The Labute approximate surface area is 169 Å². The first kappa shape index (κ1) is 17.4. The molecule has 0 amide bonds. The molecule has 0 unspecified atom stereocenters. The average Bonchev–Trinajstić information content (AvgIpc) is 3.15. The highest BCUT2D eigenvalue weighted by Crippen LogP contribution is 2.42. The SMILES string of the molecule is COc1ccccc1-c1noc(CSc2nnc(-c3cccs3)n2C2CC2)n1. The van der Waals surface area contributed by atoms with E-state index in [9.17, 15) is 0 Å². The Bertz CT molecular complexity index is 1090. The van der Waals surface area contributed by atoms with Crippen LogP contribution in [0.1, 0.15) is 24.8 Å². The van der Waals surface area contributed by atoms with Crippen molar-refractivity contribution in [2.75, 3.05) is 7.11 Å². The molecular weight excluding hydrogens is 394 g/mol. The number of hydrogen-bond acceptors (Lipinski definition) is 8. The molecule has 3 aromatic heterocycles. The molecule has 1 fully saturated rings. The van der Waals surface area contributed by atoms with Crippen molar-refractivity contribution in [3.05, 3.63) is 47.7 Å². The average molecular weight is 412 g/mol. The van der Waals surface area contributed by atoms with E-state index in [0.717, 1.165) is 27.2 Å². The van der Waals surface area contributed by atoms with E-state index in [0.29, 0.717) is 23.5 Å². The summed E-state index contributed by atoms with van der Waals surface area (Å²) in [5.41, 5.74) is 0.811.